The minimum atomic E-state index is -0.459. The highest BCUT2D eigenvalue weighted by molar-refractivity contribution is 6.01. The average molecular weight is 546 g/mol. The van der Waals surface area contributed by atoms with Crippen LogP contribution in [-0.4, -0.2) is 78.6 Å². The van der Waals surface area contributed by atoms with E-state index in [4.69, 9.17) is 9.47 Å². The number of rotatable bonds is 6. The van der Waals surface area contributed by atoms with Crippen LogP contribution in [0.5, 0.6) is 5.75 Å². The van der Waals surface area contributed by atoms with Crippen LogP contribution in [0.25, 0.3) is 22.0 Å². The summed E-state index contributed by atoms with van der Waals surface area (Å²) in [7, 11) is 1.64. The third-order valence-corrected chi connectivity index (χ3v) is 7.58. The number of carbonyl (C=O) groups is 1. The van der Waals surface area contributed by atoms with Gasteiger partial charge >= 0.3 is 0 Å². The maximum atomic E-state index is 13.3. The second-order valence-corrected chi connectivity index (χ2v) is 10.1. The minimum absolute atomic E-state index is 0.0917. The number of H-pyrrole nitrogens is 1. The number of nitrogens with one attached hydrogen (secondary N) is 2. The van der Waals surface area contributed by atoms with E-state index in [1.54, 1.807) is 7.05 Å². The van der Waals surface area contributed by atoms with Gasteiger partial charge in [0.1, 0.15) is 11.9 Å². The average Bonchev–Trinajstić information content (AvgIpc) is 3.38. The predicted octanol–water partition coefficient (Wildman–Crippen LogP) is 3.71. The number of ether oxygens (including phenoxy) is 2. The number of fused-ring (bicyclic) bond motifs is 1. The molecule has 2 aromatic heterocycles. The van der Waals surface area contributed by atoms with Crippen LogP contribution in [0.2, 0.25) is 0 Å². The number of piperazine rings is 1. The number of nitrogens with zero attached hydrogens (tertiary/aromatic N) is 5. The monoisotopic (exact) mass is 545 g/mol. The van der Waals surface area contributed by atoms with E-state index in [0.717, 1.165) is 52.0 Å². The van der Waals surface area contributed by atoms with Crippen LogP contribution in [0.3, 0.4) is 0 Å². The van der Waals surface area contributed by atoms with E-state index in [2.05, 4.69) is 48.6 Å². The second kappa shape index (κ2) is 11.1. The van der Waals surface area contributed by atoms with Gasteiger partial charge in [-0.25, -0.2) is 14.4 Å². The first-order valence-electron chi connectivity index (χ1n) is 13.6. The number of hydrogen-bond donors (Lipinski definition) is 2. The number of aryl methyl sites for hydroxylation is 1. The van der Waals surface area contributed by atoms with Crippen LogP contribution in [-0.2, 0) is 4.74 Å². The molecule has 0 unspecified atom stereocenters. The third kappa shape index (κ3) is 5.16. The van der Waals surface area contributed by atoms with Crippen LogP contribution in [0.4, 0.5) is 16.0 Å². The van der Waals surface area contributed by atoms with Crippen molar-refractivity contribution in [1.82, 2.24) is 25.5 Å². The Labute approximate surface area is 231 Å². The molecule has 0 spiro atoms. The Morgan fingerprint density at radius 1 is 1.05 bits per heavy atom. The summed E-state index contributed by atoms with van der Waals surface area (Å²) in [6.45, 7) is 5.97. The van der Waals surface area contributed by atoms with Gasteiger partial charge in [-0.1, -0.05) is 6.07 Å². The number of anilines is 2. The molecule has 2 N–H and O–H groups in total. The van der Waals surface area contributed by atoms with E-state index in [-0.39, 0.29) is 12.0 Å². The Kier molecular flexibility index (Phi) is 7.21. The molecule has 0 aliphatic carbocycles. The van der Waals surface area contributed by atoms with Gasteiger partial charge in [-0.15, -0.1) is 0 Å². The molecule has 40 heavy (non-hydrogen) atoms. The smallest absolute Gasteiger partial charge is 0.253 e. The van der Waals surface area contributed by atoms with Crippen LogP contribution in [0.1, 0.15) is 28.9 Å². The molecule has 208 valence electrons. The van der Waals surface area contributed by atoms with Gasteiger partial charge in [0.15, 0.2) is 5.82 Å². The van der Waals surface area contributed by atoms with Crippen molar-refractivity contribution in [3.63, 3.8) is 0 Å². The van der Waals surface area contributed by atoms with E-state index >= 15 is 0 Å². The standard InChI is InChI=1S/C29H32FN7O3/c1-18-27-24(35-34-18)13-20(15-26(27)40-22-5-11-39-12-6-22)19-3-4-23(28(38)31-2)25(14-19)36-7-9-37(10-8-36)29-32-16-21(30)17-33-29/h3-4,13-17,22H,5-12H2,1-2H3,(H,31,38)(H,34,35). The van der Waals surface area contributed by atoms with E-state index in [1.807, 2.05) is 24.0 Å². The van der Waals surface area contributed by atoms with Gasteiger partial charge < -0.3 is 24.6 Å². The lowest BCUT2D eigenvalue weighted by Gasteiger charge is -2.37. The summed E-state index contributed by atoms with van der Waals surface area (Å²) in [4.78, 5) is 25.3. The topological polar surface area (TPSA) is 108 Å². The normalized spacial score (nSPS) is 16.4. The van der Waals surface area contributed by atoms with Gasteiger partial charge in [0.05, 0.1) is 53.5 Å². The lowest BCUT2D eigenvalue weighted by molar-refractivity contribution is 0.0262. The number of amides is 1. The fourth-order valence-electron chi connectivity index (χ4n) is 5.43. The number of carbonyl (C=O) groups excluding carboxylic acids is 1. The minimum Gasteiger partial charge on any atom is -0.489 e. The predicted molar refractivity (Wildman–Crippen MR) is 151 cm³/mol. The first kappa shape index (κ1) is 26.0. The SMILES string of the molecule is CNC(=O)c1ccc(-c2cc(OC3CCOCC3)c3c(C)n[nH]c3c2)cc1N1CCN(c2ncc(F)cn2)CC1. The summed E-state index contributed by atoms with van der Waals surface area (Å²) in [6.07, 6.45) is 4.15. The molecule has 10 nitrogen and oxygen atoms in total. The number of hydrogen-bond acceptors (Lipinski definition) is 8. The summed E-state index contributed by atoms with van der Waals surface area (Å²) >= 11 is 0. The quantitative estimate of drug-likeness (QED) is 0.378. The van der Waals surface area contributed by atoms with Crippen LogP contribution < -0.4 is 19.9 Å². The summed E-state index contributed by atoms with van der Waals surface area (Å²) in [6, 6.07) is 10.1. The molecule has 2 saturated heterocycles. The molecule has 0 atom stereocenters. The second-order valence-electron chi connectivity index (χ2n) is 10.1. The highest BCUT2D eigenvalue weighted by atomic mass is 19.1. The molecule has 4 heterocycles. The summed E-state index contributed by atoms with van der Waals surface area (Å²) in [5.41, 5.74) is 5.20. The van der Waals surface area contributed by atoms with Gasteiger partial charge in [0, 0.05) is 46.1 Å². The fourth-order valence-corrected chi connectivity index (χ4v) is 5.43. The van der Waals surface area contributed by atoms with Crippen molar-refractivity contribution in [3.8, 4) is 16.9 Å². The number of aromatic nitrogens is 4. The van der Waals surface area contributed by atoms with E-state index in [9.17, 15) is 9.18 Å². The summed E-state index contributed by atoms with van der Waals surface area (Å²) in [5.74, 6) is 0.699. The fraction of sp³-hybridized carbons (Fsp3) is 0.379. The van der Waals surface area contributed by atoms with Crippen molar-refractivity contribution in [2.75, 3.05) is 56.2 Å². The van der Waals surface area contributed by atoms with Crippen molar-refractivity contribution >= 4 is 28.4 Å². The lowest BCUT2D eigenvalue weighted by Crippen LogP contribution is -2.47. The van der Waals surface area contributed by atoms with Crippen LogP contribution >= 0.6 is 0 Å². The largest absolute Gasteiger partial charge is 0.489 e. The molecule has 2 aliphatic heterocycles. The van der Waals surface area contributed by atoms with Gasteiger partial charge in [-0.3, -0.25) is 9.89 Å². The zero-order chi connectivity index (χ0) is 27.6. The van der Waals surface area contributed by atoms with Gasteiger partial charge in [0.2, 0.25) is 5.95 Å². The molecule has 1 amide bonds. The Bertz CT molecular complexity index is 1510. The number of aromatic amines is 1. The molecule has 11 heteroatoms. The molecule has 2 fully saturated rings. The zero-order valence-corrected chi connectivity index (χ0v) is 22.6. The van der Waals surface area contributed by atoms with E-state index < -0.39 is 5.82 Å². The zero-order valence-electron chi connectivity index (χ0n) is 22.6. The highest BCUT2D eigenvalue weighted by Crippen LogP contribution is 2.37. The molecular formula is C29H32FN7O3. The Balaban J connectivity index is 1.32. The van der Waals surface area contributed by atoms with Crippen molar-refractivity contribution in [1.29, 1.82) is 0 Å². The van der Waals surface area contributed by atoms with Crippen molar-refractivity contribution in [2.24, 2.45) is 0 Å². The molecule has 4 aromatic rings. The van der Waals surface area contributed by atoms with Gasteiger partial charge in [-0.05, 0) is 42.3 Å². The van der Waals surface area contributed by atoms with Crippen molar-refractivity contribution in [2.45, 2.75) is 25.9 Å². The highest BCUT2D eigenvalue weighted by Gasteiger charge is 2.24. The van der Waals surface area contributed by atoms with Crippen molar-refractivity contribution < 1.29 is 18.7 Å². The molecule has 0 saturated carbocycles. The van der Waals surface area contributed by atoms with Crippen LogP contribution in [0, 0.1) is 12.7 Å². The Morgan fingerprint density at radius 3 is 2.50 bits per heavy atom. The summed E-state index contributed by atoms with van der Waals surface area (Å²) < 4.78 is 25.3. The first-order valence-corrected chi connectivity index (χ1v) is 13.6. The summed E-state index contributed by atoms with van der Waals surface area (Å²) in [5, 5.41) is 11.3. The van der Waals surface area contributed by atoms with Gasteiger partial charge in [-0.2, -0.15) is 5.10 Å². The van der Waals surface area contributed by atoms with E-state index in [0.29, 0.717) is 50.9 Å². The maximum absolute atomic E-state index is 13.3. The molecule has 2 aromatic carbocycles. The Hall–Kier alpha value is -4.25. The van der Waals surface area contributed by atoms with Crippen molar-refractivity contribution in [3.05, 3.63) is 59.8 Å². The molecular weight excluding hydrogens is 513 g/mol. The van der Waals surface area contributed by atoms with Gasteiger partial charge in [0.25, 0.3) is 5.91 Å². The molecule has 2 aliphatic rings. The van der Waals surface area contributed by atoms with E-state index in [1.165, 1.54) is 12.4 Å². The number of halogens is 1. The lowest BCUT2D eigenvalue weighted by atomic mass is 9.99. The molecule has 6 rings (SSSR count). The van der Waals surface area contributed by atoms with Crippen LogP contribution in [0.15, 0.2) is 42.7 Å². The molecule has 0 radical (unpaired) electrons. The molecule has 0 bridgehead atoms. The first-order chi connectivity index (χ1) is 19.5. The Morgan fingerprint density at radius 2 is 1.77 bits per heavy atom. The third-order valence-electron chi connectivity index (χ3n) is 7.58. The maximum Gasteiger partial charge on any atom is 0.253 e. The number of benzene rings is 2.